The van der Waals surface area contributed by atoms with E-state index in [4.69, 9.17) is 37.8 Å². The summed E-state index contributed by atoms with van der Waals surface area (Å²) in [6.45, 7) is 6.08. The number of aromatic nitrogens is 3. The van der Waals surface area contributed by atoms with Crippen LogP contribution in [-0.2, 0) is 11.4 Å². The molecule has 5 rings (SSSR count). The number of hydrogen-bond donors (Lipinski definition) is 2. The summed E-state index contributed by atoms with van der Waals surface area (Å²) in [6.07, 6.45) is 0. The lowest BCUT2D eigenvalue weighted by Crippen LogP contribution is -2.31. The molecule has 42 heavy (non-hydrogen) atoms. The largest absolute Gasteiger partial charge is 0.493 e. The van der Waals surface area contributed by atoms with Crippen LogP contribution in [0, 0.1) is 6.92 Å². The lowest BCUT2D eigenvalue weighted by Gasteiger charge is -2.29. The Bertz CT molecular complexity index is 1690. The third-order valence-electron chi connectivity index (χ3n) is 6.58. The van der Waals surface area contributed by atoms with Crippen molar-refractivity contribution in [1.82, 2.24) is 14.8 Å². The number of amides is 1. The molecule has 218 valence electrons. The van der Waals surface area contributed by atoms with E-state index in [2.05, 4.69) is 31.5 Å². The summed E-state index contributed by atoms with van der Waals surface area (Å²) in [5, 5.41) is 12.8. The van der Waals surface area contributed by atoms with Crippen LogP contribution in [0.5, 0.6) is 11.5 Å². The molecule has 0 aliphatic carbocycles. The van der Waals surface area contributed by atoms with Crippen molar-refractivity contribution in [2.24, 2.45) is 0 Å². The number of nitrogens with zero attached hydrogens (tertiary/aromatic N) is 3. The number of carbonyl (C=O) groups is 1. The maximum Gasteiger partial charge on any atom is 0.255 e. The molecule has 8 nitrogen and oxygen atoms in total. The van der Waals surface area contributed by atoms with Gasteiger partial charge in [0, 0.05) is 27.0 Å². The molecule has 0 saturated carbocycles. The zero-order chi connectivity index (χ0) is 30.0. The van der Waals surface area contributed by atoms with Crippen LogP contribution in [0.2, 0.25) is 10.0 Å². The molecule has 1 unspecified atom stereocenters. The number of thioether (sulfide) groups is 1. The second kappa shape index (κ2) is 13.0. The smallest absolute Gasteiger partial charge is 0.255 e. The van der Waals surface area contributed by atoms with Crippen molar-refractivity contribution >= 4 is 68.4 Å². The summed E-state index contributed by atoms with van der Waals surface area (Å²) in [7, 11) is 1.57. The van der Waals surface area contributed by atoms with E-state index in [9.17, 15) is 4.79 Å². The fourth-order valence-electron chi connectivity index (χ4n) is 4.67. The molecule has 0 saturated heterocycles. The summed E-state index contributed by atoms with van der Waals surface area (Å²) in [5.41, 5.74) is 4.45. The number of methoxy groups -OCH3 is 1. The van der Waals surface area contributed by atoms with Crippen molar-refractivity contribution in [2.75, 3.05) is 23.5 Å². The third kappa shape index (κ3) is 6.41. The lowest BCUT2D eigenvalue weighted by atomic mass is 9.94. The average molecular weight is 689 g/mol. The van der Waals surface area contributed by atoms with E-state index < -0.39 is 6.04 Å². The SMILES string of the molecule is CCSc1nc2n(n1)C(c1cc(Br)c(OCc3ccc(Cl)cc3Cl)c(OC)c1)C(C(=O)Nc1cccc(C)c1)=C(C)N2. The Morgan fingerprint density at radius 1 is 1.17 bits per heavy atom. The molecular weight excluding hydrogens is 661 g/mol. The molecule has 4 aromatic rings. The summed E-state index contributed by atoms with van der Waals surface area (Å²) < 4.78 is 14.3. The number of hydrogen-bond acceptors (Lipinski definition) is 7. The zero-order valence-corrected chi connectivity index (χ0v) is 27.2. The van der Waals surface area contributed by atoms with Crippen LogP contribution in [0.25, 0.3) is 0 Å². The first-order valence-corrected chi connectivity index (χ1v) is 15.6. The number of ether oxygens (including phenoxy) is 2. The first-order valence-electron chi connectivity index (χ1n) is 13.1. The highest BCUT2D eigenvalue weighted by Gasteiger charge is 2.35. The van der Waals surface area contributed by atoms with E-state index in [1.165, 1.54) is 11.8 Å². The van der Waals surface area contributed by atoms with Crippen molar-refractivity contribution in [2.45, 2.75) is 38.6 Å². The van der Waals surface area contributed by atoms with Gasteiger partial charge in [-0.1, -0.05) is 60.1 Å². The number of benzene rings is 3. The minimum Gasteiger partial charge on any atom is -0.493 e. The van der Waals surface area contributed by atoms with Gasteiger partial charge in [0.25, 0.3) is 5.91 Å². The predicted molar refractivity (Wildman–Crippen MR) is 172 cm³/mol. The van der Waals surface area contributed by atoms with E-state index in [0.29, 0.717) is 54.1 Å². The molecule has 2 N–H and O–H groups in total. The third-order valence-corrected chi connectivity index (χ3v) is 8.48. The summed E-state index contributed by atoms with van der Waals surface area (Å²) in [5.74, 6) is 2.07. The Morgan fingerprint density at radius 3 is 2.69 bits per heavy atom. The minimum atomic E-state index is -0.602. The van der Waals surface area contributed by atoms with Crippen LogP contribution in [-0.4, -0.2) is 33.5 Å². The Hall–Kier alpha value is -3.18. The Morgan fingerprint density at radius 2 is 1.98 bits per heavy atom. The molecule has 0 fully saturated rings. The van der Waals surface area contributed by atoms with E-state index in [0.717, 1.165) is 22.4 Å². The van der Waals surface area contributed by atoms with Crippen LogP contribution in [0.3, 0.4) is 0 Å². The highest BCUT2D eigenvalue weighted by molar-refractivity contribution is 9.10. The molecule has 0 spiro atoms. The normalized spacial score (nSPS) is 14.3. The van der Waals surface area contributed by atoms with Crippen LogP contribution in [0.4, 0.5) is 11.6 Å². The fourth-order valence-corrected chi connectivity index (χ4v) is 6.26. The van der Waals surface area contributed by atoms with E-state index in [1.54, 1.807) is 23.9 Å². The maximum absolute atomic E-state index is 13.9. The Kier molecular flexibility index (Phi) is 9.37. The summed E-state index contributed by atoms with van der Waals surface area (Å²) >= 11 is 17.6. The molecule has 3 aromatic carbocycles. The molecule has 12 heteroatoms. The quantitative estimate of drug-likeness (QED) is 0.171. The number of allylic oxidation sites excluding steroid dienone is 1. The number of rotatable bonds is 9. The number of aryl methyl sites for hydroxylation is 1. The van der Waals surface area contributed by atoms with Gasteiger partial charge in [-0.3, -0.25) is 4.79 Å². The molecule has 0 bridgehead atoms. The number of halogens is 3. The van der Waals surface area contributed by atoms with Crippen molar-refractivity contribution in [1.29, 1.82) is 0 Å². The maximum atomic E-state index is 13.9. The molecule has 2 heterocycles. The monoisotopic (exact) mass is 687 g/mol. The highest BCUT2D eigenvalue weighted by atomic mass is 79.9. The molecule has 1 amide bonds. The summed E-state index contributed by atoms with van der Waals surface area (Å²) in [4.78, 5) is 18.5. The molecule has 1 aliphatic heterocycles. The lowest BCUT2D eigenvalue weighted by molar-refractivity contribution is -0.113. The van der Waals surface area contributed by atoms with Gasteiger partial charge in [0.05, 0.1) is 17.2 Å². The first-order chi connectivity index (χ1) is 20.2. The second-order valence-corrected chi connectivity index (χ2v) is 12.5. The topological polar surface area (TPSA) is 90.3 Å². The van der Waals surface area contributed by atoms with Crippen molar-refractivity contribution in [3.05, 3.63) is 97.1 Å². The first kappa shape index (κ1) is 30.3. The van der Waals surface area contributed by atoms with Gasteiger partial charge >= 0.3 is 0 Å². The van der Waals surface area contributed by atoms with E-state index >= 15 is 0 Å². The molecule has 1 aromatic heterocycles. The zero-order valence-electron chi connectivity index (χ0n) is 23.3. The van der Waals surface area contributed by atoms with Gasteiger partial charge in [-0.05, 0) is 83.1 Å². The van der Waals surface area contributed by atoms with Crippen LogP contribution in [0.1, 0.15) is 36.6 Å². The standard InChI is InChI=1S/C30H28BrCl2N5O3S/c1-5-42-30-36-29-34-17(3)25(28(39)35-21-8-6-7-16(2)11-21)26(38(29)37-30)19-12-22(31)27(24(13-19)40-4)41-15-18-9-10-20(32)14-23(18)33/h6-14,26H,5,15H2,1-4H3,(H,35,39)(H,34,36,37). The van der Waals surface area contributed by atoms with Gasteiger partial charge in [-0.25, -0.2) is 4.68 Å². The van der Waals surface area contributed by atoms with Gasteiger partial charge < -0.3 is 20.1 Å². The van der Waals surface area contributed by atoms with Crippen LogP contribution < -0.4 is 20.1 Å². The molecule has 1 atom stereocenters. The molecule has 1 aliphatic rings. The van der Waals surface area contributed by atoms with Crippen LogP contribution in [0.15, 0.2) is 75.5 Å². The number of carbonyl (C=O) groups excluding carboxylic acids is 1. The van der Waals surface area contributed by atoms with Gasteiger partial charge in [-0.2, -0.15) is 4.98 Å². The summed E-state index contributed by atoms with van der Waals surface area (Å²) in [6, 6.07) is 16.1. The number of fused-ring (bicyclic) bond motifs is 1. The second-order valence-electron chi connectivity index (χ2n) is 9.54. The van der Waals surface area contributed by atoms with E-state index in [1.807, 2.05) is 63.2 Å². The van der Waals surface area contributed by atoms with Crippen molar-refractivity contribution in [3.63, 3.8) is 0 Å². The highest BCUT2D eigenvalue weighted by Crippen LogP contribution is 2.43. The number of nitrogens with one attached hydrogen (secondary N) is 2. The van der Waals surface area contributed by atoms with Gasteiger partial charge in [0.1, 0.15) is 12.6 Å². The fraction of sp³-hybridized carbons (Fsp3) is 0.233. The van der Waals surface area contributed by atoms with Crippen molar-refractivity contribution in [3.8, 4) is 11.5 Å². The van der Waals surface area contributed by atoms with E-state index in [-0.39, 0.29) is 12.5 Å². The number of anilines is 2. The molecular formula is C30H28BrCl2N5O3S. The van der Waals surface area contributed by atoms with Gasteiger partial charge in [0.15, 0.2) is 11.5 Å². The Labute approximate surface area is 266 Å². The van der Waals surface area contributed by atoms with Crippen molar-refractivity contribution < 1.29 is 14.3 Å². The Balaban J connectivity index is 1.55. The minimum absolute atomic E-state index is 0.200. The molecule has 0 radical (unpaired) electrons. The predicted octanol–water partition coefficient (Wildman–Crippen LogP) is 8.28. The van der Waals surface area contributed by atoms with Gasteiger partial charge in [-0.15, -0.1) is 5.10 Å². The van der Waals surface area contributed by atoms with Crippen LogP contribution >= 0.6 is 50.9 Å². The van der Waals surface area contributed by atoms with Gasteiger partial charge in [0.2, 0.25) is 11.1 Å². The average Bonchev–Trinajstić information content (AvgIpc) is 3.34.